The number of carbonyl (C=O) groups excluding carboxylic acids is 1. The van der Waals surface area contributed by atoms with Gasteiger partial charge in [-0.1, -0.05) is 11.2 Å². The van der Waals surface area contributed by atoms with Crippen LogP contribution >= 0.6 is 11.8 Å². The zero-order valence-electron chi connectivity index (χ0n) is 10.1. The summed E-state index contributed by atoms with van der Waals surface area (Å²) in [6, 6.07) is 0. The predicted molar refractivity (Wildman–Crippen MR) is 67.8 cm³/mol. The SMILES string of the molecule is C=CCCSC(C)C(=NOC)C(=O)OCC. The summed E-state index contributed by atoms with van der Waals surface area (Å²) >= 11 is 1.62. The molecule has 0 aromatic rings. The van der Waals surface area contributed by atoms with Gasteiger partial charge >= 0.3 is 5.97 Å². The maximum atomic E-state index is 11.5. The van der Waals surface area contributed by atoms with Crippen LogP contribution in [0.15, 0.2) is 17.8 Å². The Morgan fingerprint density at radius 2 is 2.31 bits per heavy atom. The minimum absolute atomic E-state index is 0.0426. The minimum Gasteiger partial charge on any atom is -0.461 e. The number of hydrogen-bond acceptors (Lipinski definition) is 5. The molecule has 5 heteroatoms. The molecular weight excluding hydrogens is 226 g/mol. The second-order valence-electron chi connectivity index (χ2n) is 2.97. The Balaban J connectivity index is 4.34. The molecule has 1 atom stereocenters. The second-order valence-corrected chi connectivity index (χ2v) is 4.42. The molecule has 0 radical (unpaired) electrons. The van der Waals surface area contributed by atoms with Gasteiger partial charge in [-0.3, -0.25) is 0 Å². The fourth-order valence-electron chi connectivity index (χ4n) is 0.988. The van der Waals surface area contributed by atoms with E-state index in [0.717, 1.165) is 12.2 Å². The van der Waals surface area contributed by atoms with Gasteiger partial charge in [-0.25, -0.2) is 4.79 Å². The smallest absolute Gasteiger partial charge is 0.357 e. The molecule has 0 aliphatic rings. The zero-order chi connectivity index (χ0) is 12.4. The lowest BCUT2D eigenvalue weighted by atomic mass is 10.3. The average molecular weight is 245 g/mol. The summed E-state index contributed by atoms with van der Waals surface area (Å²) in [4.78, 5) is 16.2. The quantitative estimate of drug-likeness (QED) is 0.216. The van der Waals surface area contributed by atoms with Crippen LogP contribution in [-0.2, 0) is 14.4 Å². The number of hydrogen-bond donors (Lipinski definition) is 0. The lowest BCUT2D eigenvalue weighted by Gasteiger charge is -2.11. The fraction of sp³-hybridized carbons (Fsp3) is 0.636. The first-order valence-corrected chi connectivity index (χ1v) is 6.22. The first kappa shape index (κ1) is 15.0. The van der Waals surface area contributed by atoms with Crippen molar-refractivity contribution < 1.29 is 14.4 Å². The largest absolute Gasteiger partial charge is 0.461 e. The van der Waals surface area contributed by atoms with Crippen molar-refractivity contribution in [3.63, 3.8) is 0 Å². The molecular formula is C11H19NO3S. The molecule has 0 fully saturated rings. The van der Waals surface area contributed by atoms with E-state index in [0.29, 0.717) is 12.3 Å². The number of ether oxygens (including phenoxy) is 1. The third-order valence-electron chi connectivity index (χ3n) is 1.75. The van der Waals surface area contributed by atoms with Crippen molar-refractivity contribution >= 4 is 23.4 Å². The summed E-state index contributed by atoms with van der Waals surface area (Å²) in [7, 11) is 1.42. The number of rotatable bonds is 8. The number of allylic oxidation sites excluding steroid dienone is 1. The number of nitrogens with zero attached hydrogens (tertiary/aromatic N) is 1. The first-order valence-electron chi connectivity index (χ1n) is 5.18. The van der Waals surface area contributed by atoms with Crippen molar-refractivity contribution in [1.29, 1.82) is 0 Å². The van der Waals surface area contributed by atoms with E-state index in [1.54, 1.807) is 18.7 Å². The van der Waals surface area contributed by atoms with Crippen molar-refractivity contribution in [2.24, 2.45) is 5.16 Å². The van der Waals surface area contributed by atoms with E-state index in [1.165, 1.54) is 7.11 Å². The van der Waals surface area contributed by atoms with Crippen LogP contribution in [0.5, 0.6) is 0 Å². The van der Waals surface area contributed by atoms with E-state index < -0.39 is 5.97 Å². The van der Waals surface area contributed by atoms with E-state index >= 15 is 0 Å². The Morgan fingerprint density at radius 1 is 1.62 bits per heavy atom. The van der Waals surface area contributed by atoms with Gasteiger partial charge in [0.25, 0.3) is 0 Å². The molecule has 0 N–H and O–H groups in total. The lowest BCUT2D eigenvalue weighted by Crippen LogP contribution is -2.26. The van der Waals surface area contributed by atoms with Gasteiger partial charge in [-0.05, 0) is 26.0 Å². The maximum absolute atomic E-state index is 11.5. The molecule has 0 aromatic carbocycles. The molecule has 0 saturated heterocycles. The molecule has 0 aliphatic heterocycles. The van der Waals surface area contributed by atoms with Crippen LogP contribution in [0.2, 0.25) is 0 Å². The molecule has 1 unspecified atom stereocenters. The fourth-order valence-corrected chi connectivity index (χ4v) is 1.94. The van der Waals surface area contributed by atoms with Crippen LogP contribution < -0.4 is 0 Å². The standard InChI is InChI=1S/C11H19NO3S/c1-5-7-8-16-9(3)10(12-14-4)11(13)15-6-2/h5,9H,1,6-8H2,2-4H3. The third kappa shape index (κ3) is 5.80. The van der Waals surface area contributed by atoms with Gasteiger partial charge in [-0.2, -0.15) is 11.8 Å². The van der Waals surface area contributed by atoms with E-state index in [9.17, 15) is 4.79 Å². The number of carbonyl (C=O) groups is 1. The summed E-state index contributed by atoms with van der Waals surface area (Å²) in [6.07, 6.45) is 2.75. The summed E-state index contributed by atoms with van der Waals surface area (Å²) < 4.78 is 4.90. The van der Waals surface area contributed by atoms with Crippen molar-refractivity contribution in [3.8, 4) is 0 Å². The zero-order valence-corrected chi connectivity index (χ0v) is 10.9. The lowest BCUT2D eigenvalue weighted by molar-refractivity contribution is -0.135. The van der Waals surface area contributed by atoms with Crippen LogP contribution in [0.3, 0.4) is 0 Å². The van der Waals surface area contributed by atoms with Crippen molar-refractivity contribution in [3.05, 3.63) is 12.7 Å². The van der Waals surface area contributed by atoms with Gasteiger partial charge in [0.2, 0.25) is 0 Å². The topological polar surface area (TPSA) is 47.9 Å². The van der Waals surface area contributed by atoms with Gasteiger partial charge in [0.1, 0.15) is 7.11 Å². The van der Waals surface area contributed by atoms with Crippen LogP contribution in [0.4, 0.5) is 0 Å². The number of esters is 1. The van der Waals surface area contributed by atoms with E-state index in [-0.39, 0.29) is 5.25 Å². The van der Waals surface area contributed by atoms with Crippen LogP contribution in [0.25, 0.3) is 0 Å². The molecule has 0 rings (SSSR count). The van der Waals surface area contributed by atoms with Gasteiger partial charge in [0, 0.05) is 0 Å². The molecule has 0 spiro atoms. The molecule has 4 nitrogen and oxygen atoms in total. The van der Waals surface area contributed by atoms with Crippen molar-refractivity contribution in [2.45, 2.75) is 25.5 Å². The van der Waals surface area contributed by atoms with Crippen LogP contribution in [-0.4, -0.2) is 36.4 Å². The van der Waals surface area contributed by atoms with Gasteiger partial charge in [0.05, 0.1) is 11.9 Å². The molecule has 0 aromatic heterocycles. The molecule has 92 valence electrons. The Kier molecular flexibility index (Phi) is 8.71. The molecule has 0 heterocycles. The minimum atomic E-state index is -0.414. The Morgan fingerprint density at radius 3 is 2.81 bits per heavy atom. The van der Waals surface area contributed by atoms with Crippen LogP contribution in [0, 0.1) is 0 Å². The molecule has 16 heavy (non-hydrogen) atoms. The average Bonchev–Trinajstić information content (AvgIpc) is 2.26. The summed E-state index contributed by atoms with van der Waals surface area (Å²) in [5, 5.41) is 3.67. The van der Waals surface area contributed by atoms with Crippen LogP contribution in [0.1, 0.15) is 20.3 Å². The van der Waals surface area contributed by atoms with E-state index in [4.69, 9.17) is 4.74 Å². The summed E-state index contributed by atoms with van der Waals surface area (Å²) in [5.41, 5.74) is 0.318. The normalized spacial score (nSPS) is 13.1. The molecule has 0 saturated carbocycles. The Labute approximate surface area is 101 Å². The highest BCUT2D eigenvalue weighted by atomic mass is 32.2. The summed E-state index contributed by atoms with van der Waals surface area (Å²) in [6.45, 7) is 7.65. The highest BCUT2D eigenvalue weighted by molar-refractivity contribution is 8.00. The van der Waals surface area contributed by atoms with Gasteiger partial charge < -0.3 is 9.57 Å². The highest BCUT2D eigenvalue weighted by Gasteiger charge is 2.21. The second kappa shape index (κ2) is 9.27. The maximum Gasteiger partial charge on any atom is 0.357 e. The molecule has 0 aliphatic carbocycles. The number of thioether (sulfide) groups is 1. The first-order chi connectivity index (χ1) is 7.67. The molecule has 0 bridgehead atoms. The third-order valence-corrected chi connectivity index (χ3v) is 2.94. The van der Waals surface area contributed by atoms with E-state index in [2.05, 4.69) is 16.6 Å². The van der Waals surface area contributed by atoms with Gasteiger partial charge in [-0.15, -0.1) is 6.58 Å². The molecule has 0 amide bonds. The predicted octanol–water partition coefficient (Wildman–Crippen LogP) is 2.25. The summed E-state index contributed by atoms with van der Waals surface area (Å²) in [5.74, 6) is 0.482. The Bertz CT molecular complexity index is 254. The van der Waals surface area contributed by atoms with E-state index in [1.807, 2.05) is 13.0 Å². The van der Waals surface area contributed by atoms with Crippen molar-refractivity contribution in [2.75, 3.05) is 19.5 Å². The van der Waals surface area contributed by atoms with Crippen molar-refractivity contribution in [1.82, 2.24) is 0 Å². The Hall–Kier alpha value is -0.970. The number of oxime groups is 1. The van der Waals surface area contributed by atoms with Gasteiger partial charge in [0.15, 0.2) is 5.71 Å². The highest BCUT2D eigenvalue weighted by Crippen LogP contribution is 2.14. The monoisotopic (exact) mass is 245 g/mol.